The Labute approximate surface area is 137 Å². The molecule has 0 aromatic heterocycles. The van der Waals surface area contributed by atoms with E-state index in [9.17, 15) is 0 Å². The summed E-state index contributed by atoms with van der Waals surface area (Å²) in [7, 11) is 0. The van der Waals surface area contributed by atoms with Crippen LogP contribution in [0.1, 0.15) is 22.6 Å². The van der Waals surface area contributed by atoms with Crippen LogP contribution in [0.4, 0.5) is 0 Å². The lowest BCUT2D eigenvalue weighted by atomic mass is 9.85. The molecule has 0 aliphatic carbocycles. The Hall–Kier alpha value is -2.58. The highest BCUT2D eigenvalue weighted by atomic mass is 16.5. The summed E-state index contributed by atoms with van der Waals surface area (Å²) in [6.07, 6.45) is 0. The van der Waals surface area contributed by atoms with E-state index in [4.69, 9.17) is 9.84 Å². The molecule has 0 saturated carbocycles. The van der Waals surface area contributed by atoms with Crippen LogP contribution in [0.3, 0.4) is 0 Å². The number of aliphatic hydroxyl groups excluding tert-OH is 1. The Morgan fingerprint density at radius 1 is 0.652 bits per heavy atom. The molecule has 0 bridgehead atoms. The van der Waals surface area contributed by atoms with Crippen LogP contribution in [0, 0.1) is 0 Å². The highest BCUT2D eigenvalue weighted by molar-refractivity contribution is 5.44. The quantitative estimate of drug-likeness (QED) is 0.690. The van der Waals surface area contributed by atoms with Crippen molar-refractivity contribution in [1.29, 1.82) is 0 Å². The van der Waals surface area contributed by atoms with Crippen molar-refractivity contribution in [1.82, 2.24) is 0 Å². The van der Waals surface area contributed by atoms with Crippen molar-refractivity contribution < 1.29 is 9.84 Å². The van der Waals surface area contributed by atoms with Gasteiger partial charge in [-0.05, 0) is 28.8 Å². The second-order valence-corrected chi connectivity index (χ2v) is 5.40. The molecule has 0 amide bonds. The van der Waals surface area contributed by atoms with Crippen LogP contribution in [0.25, 0.3) is 0 Å². The molecule has 0 saturated heterocycles. The maximum absolute atomic E-state index is 8.84. The van der Waals surface area contributed by atoms with Gasteiger partial charge < -0.3 is 9.84 Å². The highest BCUT2D eigenvalue weighted by Gasteiger charge is 2.16. The second-order valence-electron chi connectivity index (χ2n) is 5.40. The first-order valence-corrected chi connectivity index (χ1v) is 7.82. The average molecular weight is 304 g/mol. The largest absolute Gasteiger partial charge is 0.491 e. The summed E-state index contributed by atoms with van der Waals surface area (Å²) >= 11 is 0. The molecular weight excluding hydrogens is 284 g/mol. The maximum atomic E-state index is 8.84. The van der Waals surface area contributed by atoms with E-state index in [2.05, 4.69) is 60.7 Å². The van der Waals surface area contributed by atoms with Crippen LogP contribution in [0.15, 0.2) is 84.9 Å². The average Bonchev–Trinajstić information content (AvgIpc) is 2.63. The number of benzene rings is 3. The molecule has 116 valence electrons. The van der Waals surface area contributed by atoms with Gasteiger partial charge in [-0.1, -0.05) is 72.8 Å². The van der Waals surface area contributed by atoms with Gasteiger partial charge in [0.15, 0.2) is 0 Å². The lowest BCUT2D eigenvalue weighted by Gasteiger charge is -2.19. The number of hydrogen-bond donors (Lipinski definition) is 1. The third kappa shape index (κ3) is 3.79. The summed E-state index contributed by atoms with van der Waals surface area (Å²) < 4.78 is 5.45. The predicted octanol–water partition coefficient (Wildman–Crippen LogP) is 4.24. The van der Waals surface area contributed by atoms with Gasteiger partial charge in [-0.3, -0.25) is 0 Å². The summed E-state index contributed by atoms with van der Waals surface area (Å²) in [6, 6.07) is 29.1. The van der Waals surface area contributed by atoms with Gasteiger partial charge in [0.25, 0.3) is 0 Å². The van der Waals surface area contributed by atoms with E-state index in [-0.39, 0.29) is 12.5 Å². The SMILES string of the molecule is OCCOc1ccc(C(c2ccccc2)c2ccccc2)cc1. The van der Waals surface area contributed by atoms with Crippen LogP contribution in [-0.2, 0) is 0 Å². The molecule has 2 heteroatoms. The molecule has 1 N–H and O–H groups in total. The first kappa shape index (κ1) is 15.3. The minimum absolute atomic E-state index is 0.0262. The third-order valence-electron chi connectivity index (χ3n) is 3.84. The van der Waals surface area contributed by atoms with Crippen LogP contribution >= 0.6 is 0 Å². The lowest BCUT2D eigenvalue weighted by Crippen LogP contribution is -2.04. The smallest absolute Gasteiger partial charge is 0.119 e. The molecule has 0 atom stereocenters. The molecule has 3 rings (SSSR count). The van der Waals surface area contributed by atoms with Crippen molar-refractivity contribution in [3.63, 3.8) is 0 Å². The maximum Gasteiger partial charge on any atom is 0.119 e. The molecular formula is C21H20O2. The number of ether oxygens (including phenoxy) is 1. The van der Waals surface area contributed by atoms with Crippen LogP contribution < -0.4 is 4.74 Å². The molecule has 2 nitrogen and oxygen atoms in total. The Morgan fingerprint density at radius 2 is 1.13 bits per heavy atom. The Bertz CT molecular complexity index is 666. The van der Waals surface area contributed by atoms with Gasteiger partial charge in [0, 0.05) is 5.92 Å². The first-order valence-electron chi connectivity index (χ1n) is 7.82. The fourth-order valence-corrected chi connectivity index (χ4v) is 2.79. The molecule has 23 heavy (non-hydrogen) atoms. The van der Waals surface area contributed by atoms with E-state index in [1.54, 1.807) is 0 Å². The summed E-state index contributed by atoms with van der Waals surface area (Å²) in [6.45, 7) is 0.346. The topological polar surface area (TPSA) is 29.5 Å². The van der Waals surface area contributed by atoms with E-state index in [0.717, 1.165) is 5.75 Å². The zero-order chi connectivity index (χ0) is 15.9. The van der Waals surface area contributed by atoms with E-state index in [0.29, 0.717) is 6.61 Å². The van der Waals surface area contributed by atoms with Crippen molar-refractivity contribution in [2.45, 2.75) is 5.92 Å². The van der Waals surface area contributed by atoms with Gasteiger partial charge in [-0.25, -0.2) is 0 Å². The normalized spacial score (nSPS) is 10.7. The zero-order valence-corrected chi connectivity index (χ0v) is 12.9. The van der Waals surface area contributed by atoms with Crippen molar-refractivity contribution >= 4 is 0 Å². The number of aliphatic hydroxyl groups is 1. The van der Waals surface area contributed by atoms with Crippen molar-refractivity contribution in [3.05, 3.63) is 102 Å². The Balaban J connectivity index is 1.96. The Kier molecular flexibility index (Phi) is 5.07. The van der Waals surface area contributed by atoms with Crippen LogP contribution in [-0.4, -0.2) is 18.3 Å². The summed E-state index contributed by atoms with van der Waals surface area (Å²) in [4.78, 5) is 0. The summed E-state index contributed by atoms with van der Waals surface area (Å²) in [5, 5.41) is 8.84. The Morgan fingerprint density at radius 3 is 1.61 bits per heavy atom. The monoisotopic (exact) mass is 304 g/mol. The minimum Gasteiger partial charge on any atom is -0.491 e. The molecule has 0 fully saturated rings. The fourth-order valence-electron chi connectivity index (χ4n) is 2.79. The van der Waals surface area contributed by atoms with Gasteiger partial charge in [-0.2, -0.15) is 0 Å². The number of rotatable bonds is 6. The van der Waals surface area contributed by atoms with Crippen molar-refractivity contribution in [3.8, 4) is 5.75 Å². The highest BCUT2D eigenvalue weighted by Crippen LogP contribution is 2.32. The van der Waals surface area contributed by atoms with Crippen molar-refractivity contribution in [2.24, 2.45) is 0 Å². The van der Waals surface area contributed by atoms with E-state index in [1.165, 1.54) is 16.7 Å². The van der Waals surface area contributed by atoms with Gasteiger partial charge in [0.2, 0.25) is 0 Å². The number of hydrogen-bond acceptors (Lipinski definition) is 2. The predicted molar refractivity (Wildman–Crippen MR) is 92.9 cm³/mol. The van der Waals surface area contributed by atoms with E-state index >= 15 is 0 Å². The summed E-state index contributed by atoms with van der Waals surface area (Å²) in [5.41, 5.74) is 3.75. The van der Waals surface area contributed by atoms with E-state index in [1.807, 2.05) is 24.3 Å². The zero-order valence-electron chi connectivity index (χ0n) is 12.9. The summed E-state index contributed by atoms with van der Waals surface area (Å²) in [5.74, 6) is 0.979. The van der Waals surface area contributed by atoms with Gasteiger partial charge in [0.05, 0.1) is 6.61 Å². The van der Waals surface area contributed by atoms with Crippen LogP contribution in [0.5, 0.6) is 5.75 Å². The molecule has 0 radical (unpaired) electrons. The standard InChI is InChI=1S/C21H20O2/c22-15-16-23-20-13-11-19(12-14-20)21(17-7-3-1-4-8-17)18-9-5-2-6-10-18/h1-14,21-22H,15-16H2. The van der Waals surface area contributed by atoms with Gasteiger partial charge in [0.1, 0.15) is 12.4 Å². The second kappa shape index (κ2) is 7.61. The molecule has 0 aliphatic rings. The van der Waals surface area contributed by atoms with Crippen LogP contribution in [0.2, 0.25) is 0 Å². The van der Waals surface area contributed by atoms with Crippen molar-refractivity contribution in [2.75, 3.05) is 13.2 Å². The lowest BCUT2D eigenvalue weighted by molar-refractivity contribution is 0.201. The third-order valence-corrected chi connectivity index (χ3v) is 3.84. The minimum atomic E-state index is 0.0262. The molecule has 3 aromatic rings. The molecule has 0 heterocycles. The van der Waals surface area contributed by atoms with Gasteiger partial charge >= 0.3 is 0 Å². The molecule has 0 aliphatic heterocycles. The van der Waals surface area contributed by atoms with E-state index < -0.39 is 0 Å². The first-order chi connectivity index (χ1) is 11.4. The molecule has 0 unspecified atom stereocenters. The fraction of sp³-hybridized carbons (Fsp3) is 0.143. The molecule has 3 aromatic carbocycles. The molecule has 0 spiro atoms. The van der Waals surface area contributed by atoms with Gasteiger partial charge in [-0.15, -0.1) is 0 Å².